The van der Waals surface area contributed by atoms with Crippen LogP contribution in [-0.2, 0) is 4.79 Å². The molecule has 0 atom stereocenters. The van der Waals surface area contributed by atoms with E-state index in [4.69, 9.17) is 22.1 Å². The molecule has 0 aromatic heterocycles. The lowest BCUT2D eigenvalue weighted by Gasteiger charge is -2.18. The number of carboxylic acid groups (broad SMARTS) is 1. The van der Waals surface area contributed by atoms with E-state index in [0.29, 0.717) is 5.02 Å². The molecule has 0 aliphatic heterocycles. The Bertz CT molecular complexity index is 1190. The smallest absolute Gasteiger partial charge is 0.328 e. The number of carboxylic acids is 1. The molecule has 0 aliphatic carbocycles. The van der Waals surface area contributed by atoms with E-state index >= 15 is 0 Å². The first-order valence-electron chi connectivity index (χ1n) is 10.3. The molecule has 0 amide bonds. The molecule has 0 fully saturated rings. The summed E-state index contributed by atoms with van der Waals surface area (Å²) in [5, 5.41) is 20.5. The van der Waals surface area contributed by atoms with Gasteiger partial charge in [0.05, 0.1) is 0 Å². The summed E-state index contributed by atoms with van der Waals surface area (Å²) in [4.78, 5) is 10.8. The summed E-state index contributed by atoms with van der Waals surface area (Å²) in [7, 11) is 1.84. The standard InChI is InChI=1S/C27H25ClN2O2/c1-3-22(23-6-4-5-7-24(23)28)27(20-13-14-25(30-2)21(16-20)17-29)19-11-8-18(9-12-19)10-15-26(31)32/h4-17,29-30H,3H2,1-2H3,(H,31,32)/b15-10+,27-22+,29-17?. The average Bonchev–Trinajstić information content (AvgIpc) is 2.82. The van der Waals surface area contributed by atoms with Crippen molar-refractivity contribution in [1.29, 1.82) is 5.41 Å². The van der Waals surface area contributed by atoms with Crippen molar-refractivity contribution in [3.63, 3.8) is 0 Å². The largest absolute Gasteiger partial charge is 0.478 e. The third-order valence-corrected chi connectivity index (χ3v) is 5.57. The number of aliphatic carboxylic acids is 1. The fourth-order valence-electron chi connectivity index (χ4n) is 3.72. The van der Waals surface area contributed by atoms with Crippen molar-refractivity contribution >= 4 is 46.7 Å². The van der Waals surface area contributed by atoms with Crippen molar-refractivity contribution in [1.82, 2.24) is 0 Å². The predicted octanol–water partition coefficient (Wildman–Crippen LogP) is 6.85. The van der Waals surface area contributed by atoms with Crippen molar-refractivity contribution in [3.8, 4) is 0 Å². The predicted molar refractivity (Wildman–Crippen MR) is 135 cm³/mol. The van der Waals surface area contributed by atoms with E-state index in [-0.39, 0.29) is 0 Å². The highest BCUT2D eigenvalue weighted by Crippen LogP contribution is 2.38. The quantitative estimate of drug-likeness (QED) is 0.202. The van der Waals surface area contributed by atoms with Crippen molar-refractivity contribution in [2.75, 3.05) is 12.4 Å². The normalized spacial score (nSPS) is 11.8. The van der Waals surface area contributed by atoms with E-state index in [1.165, 1.54) is 6.21 Å². The number of benzene rings is 3. The molecule has 3 rings (SSSR count). The van der Waals surface area contributed by atoms with Gasteiger partial charge in [0, 0.05) is 35.6 Å². The molecular formula is C27H25ClN2O2. The lowest BCUT2D eigenvalue weighted by molar-refractivity contribution is -0.131. The lowest BCUT2D eigenvalue weighted by Crippen LogP contribution is -1.99. The third-order valence-electron chi connectivity index (χ3n) is 5.24. The molecule has 3 N–H and O–H groups in total. The van der Waals surface area contributed by atoms with Crippen LogP contribution < -0.4 is 5.32 Å². The van der Waals surface area contributed by atoms with Crippen LogP contribution in [0.2, 0.25) is 5.02 Å². The number of nitrogens with one attached hydrogen (secondary N) is 2. The Labute approximate surface area is 193 Å². The molecule has 0 saturated heterocycles. The topological polar surface area (TPSA) is 73.2 Å². The third kappa shape index (κ3) is 5.16. The maximum atomic E-state index is 10.8. The Morgan fingerprint density at radius 2 is 1.75 bits per heavy atom. The van der Waals surface area contributed by atoms with Gasteiger partial charge >= 0.3 is 5.97 Å². The van der Waals surface area contributed by atoms with Gasteiger partial charge in [-0.2, -0.15) is 0 Å². The van der Waals surface area contributed by atoms with Crippen LogP contribution in [0.25, 0.3) is 17.2 Å². The number of carbonyl (C=O) groups is 1. The summed E-state index contributed by atoms with van der Waals surface area (Å²) in [6.07, 6.45) is 4.79. The van der Waals surface area contributed by atoms with Crippen LogP contribution in [0.4, 0.5) is 5.69 Å². The highest BCUT2D eigenvalue weighted by Gasteiger charge is 2.16. The summed E-state index contributed by atoms with van der Waals surface area (Å²) in [5.74, 6) is -0.981. The van der Waals surface area contributed by atoms with Crippen LogP contribution in [-0.4, -0.2) is 24.3 Å². The van der Waals surface area contributed by atoms with Crippen LogP contribution in [0.5, 0.6) is 0 Å². The molecule has 3 aromatic rings. The van der Waals surface area contributed by atoms with Gasteiger partial charge < -0.3 is 15.8 Å². The monoisotopic (exact) mass is 444 g/mol. The van der Waals surface area contributed by atoms with Crippen molar-refractivity contribution < 1.29 is 9.90 Å². The van der Waals surface area contributed by atoms with E-state index in [1.807, 2.05) is 73.8 Å². The zero-order valence-electron chi connectivity index (χ0n) is 18.0. The van der Waals surface area contributed by atoms with Gasteiger partial charge in [-0.15, -0.1) is 0 Å². The molecule has 0 heterocycles. The van der Waals surface area contributed by atoms with Gasteiger partial charge in [-0.3, -0.25) is 0 Å². The first-order valence-corrected chi connectivity index (χ1v) is 10.7. The van der Waals surface area contributed by atoms with Crippen molar-refractivity contribution in [2.24, 2.45) is 0 Å². The van der Waals surface area contributed by atoms with Gasteiger partial charge in [0.25, 0.3) is 0 Å². The number of hydrogen-bond donors (Lipinski definition) is 3. The van der Waals surface area contributed by atoms with Gasteiger partial charge in [0.2, 0.25) is 0 Å². The van der Waals surface area contributed by atoms with Crippen LogP contribution >= 0.6 is 11.6 Å². The van der Waals surface area contributed by atoms with E-state index < -0.39 is 5.97 Å². The number of anilines is 1. The van der Waals surface area contributed by atoms with Crippen LogP contribution in [0.1, 0.15) is 41.2 Å². The molecular weight excluding hydrogens is 420 g/mol. The number of hydrogen-bond acceptors (Lipinski definition) is 3. The van der Waals surface area contributed by atoms with Gasteiger partial charge in [-0.25, -0.2) is 4.79 Å². The molecule has 0 radical (unpaired) electrons. The molecule has 0 unspecified atom stereocenters. The molecule has 4 nitrogen and oxygen atoms in total. The molecule has 5 heteroatoms. The SMILES string of the molecule is CC/C(=C(/c1ccc(/C=C/C(=O)O)cc1)c1ccc(NC)c(C=N)c1)c1ccccc1Cl. The Hall–Kier alpha value is -3.63. The summed E-state index contributed by atoms with van der Waals surface area (Å²) >= 11 is 6.57. The Kier molecular flexibility index (Phi) is 7.63. The van der Waals surface area contributed by atoms with Crippen molar-refractivity contribution in [3.05, 3.63) is 106 Å². The second kappa shape index (κ2) is 10.6. The number of allylic oxidation sites excluding steroid dienone is 1. The minimum atomic E-state index is -0.981. The van der Waals surface area contributed by atoms with Gasteiger partial charge in [0.1, 0.15) is 0 Å². The van der Waals surface area contributed by atoms with E-state index in [2.05, 4.69) is 12.2 Å². The number of rotatable bonds is 8. The van der Waals surface area contributed by atoms with Crippen LogP contribution in [0.3, 0.4) is 0 Å². The first kappa shape index (κ1) is 23.0. The molecule has 162 valence electrons. The molecule has 0 saturated carbocycles. The number of halogens is 1. The zero-order chi connectivity index (χ0) is 23.1. The highest BCUT2D eigenvalue weighted by molar-refractivity contribution is 6.32. The summed E-state index contributed by atoms with van der Waals surface area (Å²) in [6.45, 7) is 2.10. The Balaban J connectivity index is 2.26. The van der Waals surface area contributed by atoms with Gasteiger partial charge in [-0.05, 0) is 64.1 Å². The fourth-order valence-corrected chi connectivity index (χ4v) is 3.97. The highest BCUT2D eigenvalue weighted by atomic mass is 35.5. The van der Waals surface area contributed by atoms with E-state index in [0.717, 1.165) is 57.1 Å². The maximum absolute atomic E-state index is 10.8. The molecule has 0 aliphatic rings. The first-order chi connectivity index (χ1) is 15.5. The fraction of sp³-hybridized carbons (Fsp3) is 0.111. The van der Waals surface area contributed by atoms with Crippen LogP contribution in [0, 0.1) is 5.41 Å². The van der Waals surface area contributed by atoms with Gasteiger partial charge in [-0.1, -0.05) is 67.1 Å². The van der Waals surface area contributed by atoms with E-state index in [9.17, 15) is 4.79 Å². The lowest BCUT2D eigenvalue weighted by atomic mass is 9.87. The molecule has 3 aromatic carbocycles. The molecule has 0 spiro atoms. The van der Waals surface area contributed by atoms with Crippen LogP contribution in [0.15, 0.2) is 72.8 Å². The maximum Gasteiger partial charge on any atom is 0.328 e. The Morgan fingerprint density at radius 3 is 2.34 bits per heavy atom. The summed E-state index contributed by atoms with van der Waals surface area (Å²) in [6, 6.07) is 21.6. The molecule has 32 heavy (non-hydrogen) atoms. The van der Waals surface area contributed by atoms with Gasteiger partial charge in [0.15, 0.2) is 0 Å². The minimum absolute atomic E-state index is 0.682. The zero-order valence-corrected chi connectivity index (χ0v) is 18.8. The second-order valence-electron chi connectivity index (χ2n) is 7.18. The van der Waals surface area contributed by atoms with Crippen molar-refractivity contribution in [2.45, 2.75) is 13.3 Å². The second-order valence-corrected chi connectivity index (χ2v) is 7.58. The van der Waals surface area contributed by atoms with E-state index in [1.54, 1.807) is 6.08 Å². The molecule has 0 bridgehead atoms. The summed E-state index contributed by atoms with van der Waals surface area (Å²) < 4.78 is 0. The average molecular weight is 445 g/mol. The summed E-state index contributed by atoms with van der Waals surface area (Å²) in [5.41, 5.74) is 7.53. The minimum Gasteiger partial charge on any atom is -0.478 e. The Morgan fingerprint density at radius 1 is 1.06 bits per heavy atom.